The lowest BCUT2D eigenvalue weighted by atomic mass is 9.99. The molecule has 3 rings (SSSR count). The molecule has 134 valence electrons. The van der Waals surface area contributed by atoms with Crippen molar-refractivity contribution in [2.24, 2.45) is 0 Å². The third kappa shape index (κ3) is 4.40. The van der Waals surface area contributed by atoms with Crippen LogP contribution in [0, 0.1) is 0 Å². The van der Waals surface area contributed by atoms with E-state index in [-0.39, 0.29) is 24.1 Å². The van der Waals surface area contributed by atoms with Crippen LogP contribution in [0.2, 0.25) is 5.02 Å². The second-order valence-electron chi connectivity index (χ2n) is 6.14. The number of carbonyl (C=O) groups excluding carboxylic acids is 3. The first kappa shape index (κ1) is 17.9. The van der Waals surface area contributed by atoms with Crippen molar-refractivity contribution < 1.29 is 14.4 Å². The minimum absolute atomic E-state index is 0.0104. The highest BCUT2D eigenvalue weighted by atomic mass is 35.5. The van der Waals surface area contributed by atoms with Crippen LogP contribution in [0.3, 0.4) is 0 Å². The van der Waals surface area contributed by atoms with Crippen LogP contribution in [0.1, 0.15) is 24.5 Å². The molecule has 0 saturated carbocycles. The Morgan fingerprint density at radius 3 is 2.65 bits per heavy atom. The van der Waals surface area contributed by atoms with Gasteiger partial charge in [-0.05, 0) is 41.8 Å². The van der Waals surface area contributed by atoms with E-state index < -0.39 is 0 Å². The third-order valence-corrected chi connectivity index (χ3v) is 4.23. The van der Waals surface area contributed by atoms with E-state index in [9.17, 15) is 14.4 Å². The van der Waals surface area contributed by atoms with Crippen molar-refractivity contribution >= 4 is 46.4 Å². The maximum atomic E-state index is 12.4. The average Bonchev–Trinajstić information content (AvgIpc) is 2.57. The van der Waals surface area contributed by atoms with Crippen LogP contribution in [0.15, 0.2) is 36.4 Å². The molecule has 2 aromatic rings. The summed E-state index contributed by atoms with van der Waals surface area (Å²) in [5.74, 6) is -0.450. The lowest BCUT2D eigenvalue weighted by Gasteiger charge is -2.17. The van der Waals surface area contributed by atoms with Gasteiger partial charge >= 0.3 is 0 Å². The van der Waals surface area contributed by atoms with Crippen LogP contribution in [0.4, 0.5) is 17.1 Å². The number of amides is 3. The number of halogens is 1. The van der Waals surface area contributed by atoms with Crippen LogP contribution in [-0.4, -0.2) is 17.7 Å². The van der Waals surface area contributed by atoms with Crippen molar-refractivity contribution in [2.75, 3.05) is 16.0 Å². The fraction of sp³-hybridized carbons (Fsp3) is 0.211. The van der Waals surface area contributed by atoms with Crippen LogP contribution in [0.25, 0.3) is 0 Å². The molecule has 3 N–H and O–H groups in total. The summed E-state index contributed by atoms with van der Waals surface area (Å²) in [6.07, 6.45) is 1.30. The normalized spacial score (nSPS) is 12.8. The lowest BCUT2D eigenvalue weighted by Crippen LogP contribution is -2.20. The predicted octanol–water partition coefficient (Wildman–Crippen LogP) is 3.36. The molecule has 26 heavy (non-hydrogen) atoms. The second-order valence-corrected chi connectivity index (χ2v) is 6.57. The first-order valence-corrected chi connectivity index (χ1v) is 8.57. The molecular weight excluding hydrogens is 354 g/mol. The Bertz CT molecular complexity index is 896. The molecule has 1 aliphatic rings. The van der Waals surface area contributed by atoms with E-state index in [0.29, 0.717) is 29.2 Å². The van der Waals surface area contributed by atoms with E-state index in [2.05, 4.69) is 16.0 Å². The molecule has 0 fully saturated rings. The summed E-state index contributed by atoms with van der Waals surface area (Å²) in [6, 6.07) is 10.4. The van der Waals surface area contributed by atoms with Crippen molar-refractivity contribution in [3.05, 3.63) is 52.5 Å². The van der Waals surface area contributed by atoms with Gasteiger partial charge in [-0.15, -0.1) is 0 Å². The van der Waals surface area contributed by atoms with E-state index in [1.54, 1.807) is 18.2 Å². The smallest absolute Gasteiger partial charge is 0.228 e. The van der Waals surface area contributed by atoms with Gasteiger partial charge in [-0.2, -0.15) is 0 Å². The molecule has 1 heterocycles. The van der Waals surface area contributed by atoms with Crippen molar-refractivity contribution in [3.63, 3.8) is 0 Å². The Morgan fingerprint density at radius 2 is 1.88 bits per heavy atom. The molecule has 3 amide bonds. The molecule has 6 nitrogen and oxygen atoms in total. The highest BCUT2D eigenvalue weighted by Crippen LogP contribution is 2.27. The molecule has 0 unspecified atom stereocenters. The van der Waals surface area contributed by atoms with Crippen LogP contribution >= 0.6 is 11.6 Å². The van der Waals surface area contributed by atoms with E-state index in [1.165, 1.54) is 6.92 Å². The van der Waals surface area contributed by atoms with E-state index in [0.717, 1.165) is 16.8 Å². The largest absolute Gasteiger partial charge is 0.326 e. The molecule has 0 atom stereocenters. The molecule has 1 aliphatic heterocycles. The van der Waals surface area contributed by atoms with Gasteiger partial charge in [-0.3, -0.25) is 14.4 Å². The summed E-state index contributed by atoms with van der Waals surface area (Å²) in [5.41, 5.74) is 3.62. The predicted molar refractivity (Wildman–Crippen MR) is 101 cm³/mol. The number of anilines is 3. The number of rotatable bonds is 4. The van der Waals surface area contributed by atoms with Crippen LogP contribution < -0.4 is 16.0 Å². The molecule has 0 saturated heterocycles. The molecule has 0 aliphatic carbocycles. The molecule has 0 spiro atoms. The standard InChI is InChI=1S/C19H18ClN3O3/c1-11(24)21-17-10-14(20)4-6-16(17)23-19(26)9-12-2-5-15-13(8-12)3-7-18(25)22-15/h2,4-6,8,10H,3,7,9H2,1H3,(H,21,24)(H,22,25)(H,23,26). The summed E-state index contributed by atoms with van der Waals surface area (Å²) < 4.78 is 0. The van der Waals surface area contributed by atoms with Crippen LogP contribution in [0.5, 0.6) is 0 Å². The van der Waals surface area contributed by atoms with Crippen molar-refractivity contribution in [1.29, 1.82) is 0 Å². The summed E-state index contributed by atoms with van der Waals surface area (Å²) >= 11 is 5.95. The highest BCUT2D eigenvalue weighted by molar-refractivity contribution is 6.31. The Kier molecular flexibility index (Phi) is 5.23. The third-order valence-electron chi connectivity index (χ3n) is 4.00. The fourth-order valence-corrected chi connectivity index (χ4v) is 3.02. The van der Waals surface area contributed by atoms with Crippen molar-refractivity contribution in [1.82, 2.24) is 0 Å². The van der Waals surface area contributed by atoms with Gasteiger partial charge in [0.2, 0.25) is 17.7 Å². The Labute approximate surface area is 155 Å². The van der Waals surface area contributed by atoms with Gasteiger partial charge in [0, 0.05) is 24.1 Å². The van der Waals surface area contributed by atoms with Crippen molar-refractivity contribution in [2.45, 2.75) is 26.2 Å². The Hall–Kier alpha value is -2.86. The van der Waals surface area contributed by atoms with Gasteiger partial charge in [-0.25, -0.2) is 0 Å². The molecule has 0 radical (unpaired) electrons. The van der Waals surface area contributed by atoms with Gasteiger partial charge in [0.25, 0.3) is 0 Å². The summed E-state index contributed by atoms with van der Waals surface area (Å²) in [7, 11) is 0. The topological polar surface area (TPSA) is 87.3 Å². The number of aryl methyl sites for hydroxylation is 1. The summed E-state index contributed by atoms with van der Waals surface area (Å²) in [4.78, 5) is 35.1. The Morgan fingerprint density at radius 1 is 1.08 bits per heavy atom. The highest BCUT2D eigenvalue weighted by Gasteiger charge is 2.16. The van der Waals surface area contributed by atoms with Crippen LogP contribution in [-0.2, 0) is 27.2 Å². The summed E-state index contributed by atoms with van der Waals surface area (Å²) in [5, 5.41) is 8.73. The zero-order valence-corrected chi connectivity index (χ0v) is 14.9. The van der Waals surface area contributed by atoms with Crippen molar-refractivity contribution in [3.8, 4) is 0 Å². The summed E-state index contributed by atoms with van der Waals surface area (Å²) in [6.45, 7) is 1.39. The number of hydrogen-bond acceptors (Lipinski definition) is 3. The van der Waals surface area contributed by atoms with Gasteiger partial charge in [0.15, 0.2) is 0 Å². The number of fused-ring (bicyclic) bond motifs is 1. The molecular formula is C19H18ClN3O3. The van der Waals surface area contributed by atoms with Gasteiger partial charge in [0.05, 0.1) is 17.8 Å². The fourth-order valence-electron chi connectivity index (χ4n) is 2.85. The quantitative estimate of drug-likeness (QED) is 0.770. The minimum Gasteiger partial charge on any atom is -0.326 e. The number of nitrogens with one attached hydrogen (secondary N) is 3. The zero-order chi connectivity index (χ0) is 18.7. The molecule has 2 aromatic carbocycles. The lowest BCUT2D eigenvalue weighted by molar-refractivity contribution is -0.117. The van der Waals surface area contributed by atoms with Gasteiger partial charge in [0.1, 0.15) is 0 Å². The number of carbonyl (C=O) groups is 3. The van der Waals surface area contributed by atoms with Gasteiger partial charge < -0.3 is 16.0 Å². The second kappa shape index (κ2) is 7.58. The maximum Gasteiger partial charge on any atom is 0.228 e. The van der Waals surface area contributed by atoms with E-state index in [1.807, 2.05) is 18.2 Å². The molecule has 0 bridgehead atoms. The van der Waals surface area contributed by atoms with Gasteiger partial charge in [-0.1, -0.05) is 23.7 Å². The number of hydrogen-bond donors (Lipinski definition) is 3. The number of benzene rings is 2. The zero-order valence-electron chi connectivity index (χ0n) is 14.2. The average molecular weight is 372 g/mol. The first-order valence-electron chi connectivity index (χ1n) is 8.19. The first-order chi connectivity index (χ1) is 12.4. The van der Waals surface area contributed by atoms with E-state index >= 15 is 0 Å². The molecule has 0 aromatic heterocycles. The maximum absolute atomic E-state index is 12.4. The Balaban J connectivity index is 1.72. The molecule has 7 heteroatoms. The SMILES string of the molecule is CC(=O)Nc1cc(Cl)ccc1NC(=O)Cc1ccc2c(c1)CCC(=O)N2. The monoisotopic (exact) mass is 371 g/mol. The minimum atomic E-state index is -0.250. The van der Waals surface area contributed by atoms with E-state index in [4.69, 9.17) is 11.6 Å².